The van der Waals surface area contributed by atoms with E-state index in [-0.39, 0.29) is 0 Å². The molecule has 4 aromatic rings. The minimum Gasteiger partial charge on any atom is -0.0984 e. The van der Waals surface area contributed by atoms with Crippen molar-refractivity contribution in [3.8, 4) is 22.3 Å². The van der Waals surface area contributed by atoms with E-state index in [0.29, 0.717) is 0 Å². The summed E-state index contributed by atoms with van der Waals surface area (Å²) in [5.74, 6) is 0. The number of rotatable bonds is 8. The number of hydrogen-bond donors (Lipinski definition) is 0. The van der Waals surface area contributed by atoms with Crippen molar-refractivity contribution in [2.24, 2.45) is 0 Å². The Kier molecular flexibility index (Phi) is 7.17. The van der Waals surface area contributed by atoms with Crippen LogP contribution in [0.25, 0.3) is 62.9 Å². The van der Waals surface area contributed by atoms with Gasteiger partial charge in [0.2, 0.25) is 0 Å². The second-order valence-corrected chi connectivity index (χ2v) is 8.81. The average molecular weight is 465 g/mol. The molecule has 0 aliphatic heterocycles. The van der Waals surface area contributed by atoms with Crippen LogP contribution in [-0.4, -0.2) is 0 Å². The summed E-state index contributed by atoms with van der Waals surface area (Å²) in [6.07, 6.45) is 9.80. The summed E-state index contributed by atoms with van der Waals surface area (Å²) in [7, 11) is 0. The monoisotopic (exact) mass is 464 g/mol. The Morgan fingerprint density at radius 1 is 0.639 bits per heavy atom. The third-order valence-electron chi connectivity index (χ3n) is 6.77. The van der Waals surface area contributed by atoms with Gasteiger partial charge in [0.25, 0.3) is 0 Å². The van der Waals surface area contributed by atoms with Crippen LogP contribution >= 0.6 is 0 Å². The van der Waals surface area contributed by atoms with Crippen molar-refractivity contribution in [2.45, 2.75) is 13.8 Å². The molecule has 0 bridgehead atoms. The van der Waals surface area contributed by atoms with Crippen molar-refractivity contribution >= 4 is 40.6 Å². The van der Waals surface area contributed by atoms with Gasteiger partial charge in [0.15, 0.2) is 0 Å². The zero-order valence-corrected chi connectivity index (χ0v) is 21.3. The van der Waals surface area contributed by atoms with Crippen LogP contribution in [0.2, 0.25) is 0 Å². The first-order valence-corrected chi connectivity index (χ1v) is 12.2. The van der Waals surface area contributed by atoms with Crippen LogP contribution in [0.3, 0.4) is 0 Å². The molecule has 0 unspecified atom stereocenters. The second-order valence-electron chi connectivity index (χ2n) is 8.81. The summed E-state index contributed by atoms with van der Waals surface area (Å²) in [5.41, 5.74) is 12.2. The van der Waals surface area contributed by atoms with Gasteiger partial charge in [0.05, 0.1) is 0 Å². The first-order valence-electron chi connectivity index (χ1n) is 12.2. The van der Waals surface area contributed by atoms with Crippen molar-refractivity contribution in [3.05, 3.63) is 139 Å². The molecule has 0 aromatic heterocycles. The maximum atomic E-state index is 4.22. The highest BCUT2D eigenvalue weighted by atomic mass is 14.2. The van der Waals surface area contributed by atoms with Crippen LogP contribution in [-0.2, 0) is 0 Å². The molecule has 0 heteroatoms. The first-order chi connectivity index (χ1) is 17.5. The molecule has 36 heavy (non-hydrogen) atoms. The van der Waals surface area contributed by atoms with Gasteiger partial charge in [-0.15, -0.1) is 0 Å². The van der Waals surface area contributed by atoms with Crippen LogP contribution in [0.1, 0.15) is 41.7 Å². The predicted molar refractivity (Wildman–Crippen MR) is 164 cm³/mol. The summed E-state index contributed by atoms with van der Waals surface area (Å²) >= 11 is 0. The highest BCUT2D eigenvalue weighted by Crippen LogP contribution is 2.44. The standard InChI is InChI=1S/C36H32/c1-8-25-16-15-19-32(29(25)10-3)36-31(12-5)30(11-4)35(33-17-13-14-18-34(33)36)27-22-20-26(21-23-27)28(9-2)24(6)7/h8-23H,1,3-6H2,2,7H3/b28-9+. The smallest absolute Gasteiger partial charge is 0.00204 e. The average Bonchev–Trinajstić information content (AvgIpc) is 2.91. The molecule has 0 fully saturated rings. The van der Waals surface area contributed by atoms with Gasteiger partial charge in [-0.05, 0) is 80.3 Å². The van der Waals surface area contributed by atoms with Crippen molar-refractivity contribution < 1.29 is 0 Å². The minimum atomic E-state index is 1.05. The van der Waals surface area contributed by atoms with Crippen LogP contribution in [0, 0.1) is 0 Å². The lowest BCUT2D eigenvalue weighted by Gasteiger charge is -2.22. The van der Waals surface area contributed by atoms with Gasteiger partial charge in [-0.1, -0.05) is 136 Å². The summed E-state index contributed by atoms with van der Waals surface area (Å²) in [5, 5.41) is 2.34. The molecule has 0 radical (unpaired) electrons. The Balaban J connectivity index is 2.10. The van der Waals surface area contributed by atoms with E-state index in [0.717, 1.165) is 66.6 Å². The zero-order chi connectivity index (χ0) is 25.8. The highest BCUT2D eigenvalue weighted by molar-refractivity contribution is 6.12. The molecule has 0 spiro atoms. The third-order valence-corrected chi connectivity index (χ3v) is 6.77. The van der Waals surface area contributed by atoms with Crippen molar-refractivity contribution in [3.63, 3.8) is 0 Å². The maximum Gasteiger partial charge on any atom is -0.00204 e. The van der Waals surface area contributed by atoms with E-state index in [4.69, 9.17) is 0 Å². The van der Waals surface area contributed by atoms with Crippen LogP contribution < -0.4 is 0 Å². The van der Waals surface area contributed by atoms with E-state index in [1.165, 1.54) is 5.39 Å². The molecule has 0 N–H and O–H groups in total. The Bertz CT molecular complexity index is 1550. The molecule has 176 valence electrons. The molecule has 0 saturated carbocycles. The molecule has 0 saturated heterocycles. The zero-order valence-electron chi connectivity index (χ0n) is 21.3. The molecular formula is C36H32. The quantitative estimate of drug-likeness (QED) is 0.227. The maximum absolute atomic E-state index is 4.22. The number of fused-ring (bicyclic) bond motifs is 1. The Morgan fingerprint density at radius 3 is 1.75 bits per heavy atom. The van der Waals surface area contributed by atoms with Gasteiger partial charge in [-0.3, -0.25) is 0 Å². The largest absolute Gasteiger partial charge is 0.0984 e. The van der Waals surface area contributed by atoms with Gasteiger partial charge in [-0.2, -0.15) is 0 Å². The highest BCUT2D eigenvalue weighted by Gasteiger charge is 2.20. The lowest BCUT2D eigenvalue weighted by Crippen LogP contribution is -1.98. The molecule has 0 heterocycles. The third kappa shape index (κ3) is 4.12. The van der Waals surface area contributed by atoms with E-state index in [1.54, 1.807) is 0 Å². The molecule has 4 rings (SSSR count). The lowest BCUT2D eigenvalue weighted by atomic mass is 9.81. The number of allylic oxidation sites excluding steroid dienone is 3. The topological polar surface area (TPSA) is 0 Å². The summed E-state index contributed by atoms with van der Waals surface area (Å²) in [6, 6.07) is 23.6. The summed E-state index contributed by atoms with van der Waals surface area (Å²) in [4.78, 5) is 0. The van der Waals surface area contributed by atoms with Gasteiger partial charge < -0.3 is 0 Å². The van der Waals surface area contributed by atoms with Crippen LogP contribution in [0.5, 0.6) is 0 Å². The molecule has 0 nitrogen and oxygen atoms in total. The van der Waals surface area contributed by atoms with Crippen molar-refractivity contribution in [1.82, 2.24) is 0 Å². The van der Waals surface area contributed by atoms with Gasteiger partial charge in [0, 0.05) is 0 Å². The molecule has 4 aromatic carbocycles. The van der Waals surface area contributed by atoms with Crippen molar-refractivity contribution in [2.75, 3.05) is 0 Å². The van der Waals surface area contributed by atoms with Gasteiger partial charge >= 0.3 is 0 Å². The van der Waals surface area contributed by atoms with E-state index < -0.39 is 0 Å². The normalized spacial score (nSPS) is 11.2. The fourth-order valence-corrected chi connectivity index (χ4v) is 5.19. The Morgan fingerprint density at radius 2 is 1.22 bits per heavy atom. The molecule has 0 atom stereocenters. The lowest BCUT2D eigenvalue weighted by molar-refractivity contribution is 1.49. The molecule has 0 amide bonds. The Labute approximate surface area is 215 Å². The first kappa shape index (κ1) is 24.7. The number of hydrogen-bond acceptors (Lipinski definition) is 0. The minimum absolute atomic E-state index is 1.05. The van der Waals surface area contributed by atoms with Crippen molar-refractivity contribution in [1.29, 1.82) is 0 Å². The Hall–Kier alpha value is -4.42. The fourth-order valence-electron chi connectivity index (χ4n) is 5.19. The molecular weight excluding hydrogens is 432 g/mol. The number of benzene rings is 4. The van der Waals surface area contributed by atoms with Gasteiger partial charge in [0.1, 0.15) is 0 Å². The fraction of sp³-hybridized carbons (Fsp3) is 0.0556. The van der Waals surface area contributed by atoms with E-state index >= 15 is 0 Å². The van der Waals surface area contributed by atoms with Crippen LogP contribution in [0.15, 0.2) is 111 Å². The van der Waals surface area contributed by atoms with Gasteiger partial charge in [-0.25, -0.2) is 0 Å². The summed E-state index contributed by atoms with van der Waals surface area (Å²) in [6.45, 7) is 24.8. The van der Waals surface area contributed by atoms with E-state index in [9.17, 15) is 0 Å². The van der Waals surface area contributed by atoms with E-state index in [2.05, 4.69) is 113 Å². The SMILES string of the molecule is C=Cc1cccc(-c2c(C=C)c(C=C)c(-c3ccc(/C(=C/C)C(=C)C)cc3)c3ccccc23)c1C=C. The molecule has 0 aliphatic rings. The second kappa shape index (κ2) is 10.5. The predicted octanol–water partition coefficient (Wildman–Crippen LogP) is 10.7. The summed E-state index contributed by atoms with van der Waals surface area (Å²) < 4.78 is 0. The van der Waals surface area contributed by atoms with E-state index in [1.807, 2.05) is 31.2 Å². The van der Waals surface area contributed by atoms with Crippen LogP contribution in [0.4, 0.5) is 0 Å². The molecule has 0 aliphatic carbocycles.